The molecule has 3 aromatic rings. The third-order valence-corrected chi connectivity index (χ3v) is 3.99. The highest BCUT2D eigenvalue weighted by atomic mass is 35.5. The first-order chi connectivity index (χ1) is 8.54. The van der Waals surface area contributed by atoms with Crippen LogP contribution in [0.2, 0.25) is 5.02 Å². The average Bonchev–Trinajstić information content (AvgIpc) is 2.82. The summed E-state index contributed by atoms with van der Waals surface area (Å²) in [5.41, 5.74) is 8.49. The summed E-state index contributed by atoms with van der Waals surface area (Å²) >= 11 is 7.52. The molecule has 2 N–H and O–H groups in total. The van der Waals surface area contributed by atoms with E-state index in [2.05, 4.69) is 9.97 Å². The lowest BCUT2D eigenvalue weighted by molar-refractivity contribution is 0.621. The smallest absolute Gasteiger partial charge is 0.239 e. The lowest BCUT2D eigenvalue weighted by Gasteiger charge is -1.94. The van der Waals surface area contributed by atoms with Crippen molar-refractivity contribution in [2.45, 2.75) is 13.8 Å². The second kappa shape index (κ2) is 3.96. The van der Waals surface area contributed by atoms with Gasteiger partial charge in [0.05, 0.1) is 21.4 Å². The lowest BCUT2D eigenvalue weighted by Crippen LogP contribution is -1.84. The molecule has 1 aromatic carbocycles. The summed E-state index contributed by atoms with van der Waals surface area (Å²) in [6, 6.07) is 3.40. The van der Waals surface area contributed by atoms with Gasteiger partial charge in [0, 0.05) is 6.07 Å². The van der Waals surface area contributed by atoms with Crippen LogP contribution in [-0.2, 0) is 0 Å². The minimum Gasteiger partial charge on any atom is -0.435 e. The predicted molar refractivity (Wildman–Crippen MR) is 74.0 cm³/mol. The Balaban J connectivity index is 2.22. The summed E-state index contributed by atoms with van der Waals surface area (Å²) < 4.78 is 5.70. The minimum atomic E-state index is 0.486. The number of anilines is 1. The van der Waals surface area contributed by atoms with E-state index < -0.39 is 0 Å². The van der Waals surface area contributed by atoms with Gasteiger partial charge in [-0.1, -0.05) is 11.6 Å². The number of aryl methyl sites for hydroxylation is 2. The van der Waals surface area contributed by atoms with Crippen molar-refractivity contribution in [3.05, 3.63) is 27.9 Å². The first-order valence-electron chi connectivity index (χ1n) is 5.34. The van der Waals surface area contributed by atoms with Crippen molar-refractivity contribution in [3.8, 4) is 10.8 Å². The number of fused-ring (bicyclic) bond motifs is 1. The molecular formula is C12H10ClN3OS. The Morgan fingerprint density at radius 2 is 2.06 bits per heavy atom. The quantitative estimate of drug-likeness (QED) is 0.688. The van der Waals surface area contributed by atoms with Crippen molar-refractivity contribution in [1.29, 1.82) is 0 Å². The predicted octanol–water partition coefficient (Wildman–Crippen LogP) is 3.80. The Hall–Kier alpha value is -1.59. The van der Waals surface area contributed by atoms with E-state index in [4.69, 9.17) is 21.8 Å². The molecule has 18 heavy (non-hydrogen) atoms. The second-order valence-electron chi connectivity index (χ2n) is 4.01. The number of nitrogens with zero attached hydrogens (tertiary/aromatic N) is 2. The summed E-state index contributed by atoms with van der Waals surface area (Å²) in [6.45, 7) is 3.90. The van der Waals surface area contributed by atoms with Crippen molar-refractivity contribution in [2.24, 2.45) is 0 Å². The van der Waals surface area contributed by atoms with Crippen LogP contribution in [-0.4, -0.2) is 9.97 Å². The lowest BCUT2D eigenvalue weighted by atomic mass is 10.3. The Labute approximate surface area is 112 Å². The number of nitrogens with two attached hydrogens (primary N) is 1. The summed E-state index contributed by atoms with van der Waals surface area (Å²) in [4.78, 5) is 9.73. The van der Waals surface area contributed by atoms with E-state index in [-0.39, 0.29) is 0 Å². The van der Waals surface area contributed by atoms with Gasteiger partial charge in [0.2, 0.25) is 5.89 Å². The van der Waals surface area contributed by atoms with Crippen LogP contribution in [0.4, 0.5) is 5.69 Å². The Kier molecular flexibility index (Phi) is 2.53. The van der Waals surface area contributed by atoms with Gasteiger partial charge < -0.3 is 10.2 Å². The Bertz CT molecular complexity index is 708. The highest BCUT2D eigenvalue weighted by Gasteiger charge is 2.15. The van der Waals surface area contributed by atoms with Gasteiger partial charge in [0.1, 0.15) is 10.4 Å². The van der Waals surface area contributed by atoms with Gasteiger partial charge in [-0.05, 0) is 19.9 Å². The van der Waals surface area contributed by atoms with Crippen molar-refractivity contribution < 1.29 is 4.42 Å². The highest BCUT2D eigenvalue weighted by molar-refractivity contribution is 7.15. The summed E-state index contributed by atoms with van der Waals surface area (Å²) in [5.74, 6) is 0.565. The van der Waals surface area contributed by atoms with Crippen molar-refractivity contribution in [3.63, 3.8) is 0 Å². The normalized spacial score (nSPS) is 11.3. The van der Waals surface area contributed by atoms with Gasteiger partial charge in [-0.25, -0.2) is 9.97 Å². The van der Waals surface area contributed by atoms with Gasteiger partial charge in [0.25, 0.3) is 0 Å². The molecular weight excluding hydrogens is 270 g/mol. The van der Waals surface area contributed by atoms with E-state index in [0.29, 0.717) is 27.7 Å². The molecule has 0 amide bonds. The topological polar surface area (TPSA) is 64.9 Å². The van der Waals surface area contributed by atoms with Crippen LogP contribution in [0.5, 0.6) is 0 Å². The first kappa shape index (κ1) is 11.5. The third kappa shape index (κ3) is 1.76. The van der Waals surface area contributed by atoms with Crippen LogP contribution in [0, 0.1) is 13.8 Å². The molecule has 0 saturated carbocycles. The molecule has 0 bridgehead atoms. The molecule has 92 valence electrons. The van der Waals surface area contributed by atoms with Gasteiger partial charge in [-0.15, -0.1) is 11.3 Å². The molecule has 2 heterocycles. The molecule has 4 nitrogen and oxygen atoms in total. The van der Waals surface area contributed by atoms with E-state index in [1.54, 1.807) is 23.5 Å². The van der Waals surface area contributed by atoms with Crippen molar-refractivity contribution >= 4 is 39.7 Å². The maximum absolute atomic E-state index is 5.96. The number of oxazole rings is 1. The van der Waals surface area contributed by atoms with E-state index >= 15 is 0 Å². The molecule has 0 saturated heterocycles. The summed E-state index contributed by atoms with van der Waals surface area (Å²) in [7, 11) is 0. The fourth-order valence-corrected chi connectivity index (χ4v) is 2.79. The van der Waals surface area contributed by atoms with E-state index in [1.165, 1.54) is 0 Å². The molecule has 6 heteroatoms. The largest absolute Gasteiger partial charge is 0.435 e. The van der Waals surface area contributed by atoms with Gasteiger partial charge in [-0.2, -0.15) is 0 Å². The number of nitrogen functional groups attached to an aromatic ring is 1. The third-order valence-electron chi connectivity index (χ3n) is 2.60. The molecule has 0 aliphatic rings. The van der Waals surface area contributed by atoms with Gasteiger partial charge in [0.15, 0.2) is 5.58 Å². The first-order valence-corrected chi connectivity index (χ1v) is 6.54. The minimum absolute atomic E-state index is 0.486. The molecule has 0 atom stereocenters. The van der Waals surface area contributed by atoms with Crippen LogP contribution in [0.3, 0.4) is 0 Å². The monoisotopic (exact) mass is 279 g/mol. The number of aromatic nitrogens is 2. The summed E-state index contributed by atoms with van der Waals surface area (Å²) in [6.07, 6.45) is 0. The zero-order valence-corrected chi connectivity index (χ0v) is 11.4. The van der Waals surface area contributed by atoms with Crippen molar-refractivity contribution in [1.82, 2.24) is 9.97 Å². The van der Waals surface area contributed by atoms with Crippen LogP contribution >= 0.6 is 22.9 Å². The van der Waals surface area contributed by atoms with Crippen LogP contribution in [0.1, 0.15) is 10.7 Å². The van der Waals surface area contributed by atoms with Crippen LogP contribution < -0.4 is 5.73 Å². The summed E-state index contributed by atoms with van der Waals surface area (Å²) in [5, 5.41) is 1.47. The van der Waals surface area contributed by atoms with E-state index in [1.807, 2.05) is 13.8 Å². The average molecular weight is 280 g/mol. The number of hydrogen-bond donors (Lipinski definition) is 1. The Morgan fingerprint density at radius 1 is 1.28 bits per heavy atom. The molecule has 0 radical (unpaired) electrons. The van der Waals surface area contributed by atoms with Crippen LogP contribution in [0.25, 0.3) is 21.9 Å². The fourth-order valence-electron chi connectivity index (χ4n) is 1.79. The van der Waals surface area contributed by atoms with E-state index in [9.17, 15) is 0 Å². The number of rotatable bonds is 1. The van der Waals surface area contributed by atoms with E-state index in [0.717, 1.165) is 15.6 Å². The molecule has 0 aliphatic carbocycles. The van der Waals surface area contributed by atoms with Crippen molar-refractivity contribution in [2.75, 3.05) is 5.73 Å². The molecule has 0 spiro atoms. The zero-order valence-electron chi connectivity index (χ0n) is 9.82. The maximum atomic E-state index is 5.96. The van der Waals surface area contributed by atoms with Gasteiger partial charge in [-0.3, -0.25) is 0 Å². The number of benzene rings is 1. The highest BCUT2D eigenvalue weighted by Crippen LogP contribution is 2.33. The molecule has 0 fully saturated rings. The van der Waals surface area contributed by atoms with Crippen LogP contribution in [0.15, 0.2) is 16.5 Å². The Morgan fingerprint density at radius 3 is 2.72 bits per heavy atom. The molecule has 0 aliphatic heterocycles. The second-order valence-corrected chi connectivity index (χ2v) is 5.62. The standard InChI is InChI=1S/C12H10ClN3OS/c1-5-11(18-6(2)15-5)12-16-9-3-7(13)8(14)4-10(9)17-12/h3-4H,14H2,1-2H3. The van der Waals surface area contributed by atoms with Gasteiger partial charge >= 0.3 is 0 Å². The SMILES string of the molecule is Cc1nc(C)c(-c2nc3cc(Cl)c(N)cc3o2)s1. The molecule has 2 aromatic heterocycles. The molecule has 3 rings (SSSR count). The molecule has 0 unspecified atom stereocenters. The fraction of sp³-hybridized carbons (Fsp3) is 0.167. The maximum Gasteiger partial charge on any atom is 0.239 e. The zero-order chi connectivity index (χ0) is 12.9. The number of halogens is 1. The number of hydrogen-bond acceptors (Lipinski definition) is 5. The number of thiazole rings is 1.